The van der Waals surface area contributed by atoms with Crippen molar-refractivity contribution in [3.8, 4) is 5.75 Å². The monoisotopic (exact) mass is 263 g/mol. The number of rotatable bonds is 4. The average molecular weight is 263 g/mol. The van der Waals surface area contributed by atoms with E-state index in [-0.39, 0.29) is 12.5 Å². The van der Waals surface area contributed by atoms with Gasteiger partial charge in [0.05, 0.1) is 7.11 Å². The summed E-state index contributed by atoms with van der Waals surface area (Å²) in [6, 6.07) is 7.22. The molecule has 4 heteroatoms. The maximum Gasteiger partial charge on any atom is 0.253 e. The highest BCUT2D eigenvalue weighted by molar-refractivity contribution is 5.94. The molecule has 0 radical (unpaired) electrons. The molecule has 1 aromatic rings. The summed E-state index contributed by atoms with van der Waals surface area (Å²) >= 11 is 0. The van der Waals surface area contributed by atoms with Gasteiger partial charge in [-0.25, -0.2) is 0 Å². The summed E-state index contributed by atoms with van der Waals surface area (Å²) in [5.41, 5.74) is 0.699. The van der Waals surface area contributed by atoms with Crippen LogP contribution < -0.4 is 4.74 Å². The molecular weight excluding hydrogens is 242 g/mol. The van der Waals surface area contributed by atoms with Gasteiger partial charge in [0.15, 0.2) is 0 Å². The standard InChI is InChI=1S/C15H21NO3/c1-19-14-6-4-13(5-7-14)15(18)16-9-2-3-12(11-16)8-10-17/h4-7,12,17H,2-3,8-11H2,1H3. The van der Waals surface area contributed by atoms with Crippen molar-refractivity contribution in [3.05, 3.63) is 29.8 Å². The molecule has 104 valence electrons. The summed E-state index contributed by atoms with van der Waals surface area (Å²) in [5.74, 6) is 1.26. The summed E-state index contributed by atoms with van der Waals surface area (Å²) in [6.45, 7) is 1.77. The number of piperidine rings is 1. The van der Waals surface area contributed by atoms with Crippen molar-refractivity contribution in [1.29, 1.82) is 0 Å². The molecule has 0 aromatic heterocycles. The third-order valence-corrected chi connectivity index (χ3v) is 3.68. The number of aliphatic hydroxyl groups excluding tert-OH is 1. The Morgan fingerprint density at radius 3 is 2.79 bits per heavy atom. The molecule has 1 aliphatic heterocycles. The molecule has 0 bridgehead atoms. The Balaban J connectivity index is 2.01. The molecule has 1 saturated heterocycles. The lowest BCUT2D eigenvalue weighted by Gasteiger charge is -2.32. The number of benzene rings is 1. The molecule has 1 atom stereocenters. The van der Waals surface area contributed by atoms with E-state index in [1.807, 2.05) is 17.0 Å². The van der Waals surface area contributed by atoms with Crippen molar-refractivity contribution in [2.24, 2.45) is 5.92 Å². The molecular formula is C15H21NO3. The second-order valence-corrected chi connectivity index (χ2v) is 5.00. The fourth-order valence-corrected chi connectivity index (χ4v) is 2.58. The summed E-state index contributed by atoms with van der Waals surface area (Å²) in [6.07, 6.45) is 2.91. The molecule has 0 saturated carbocycles. The number of carbonyl (C=O) groups is 1. The van der Waals surface area contributed by atoms with Gasteiger partial charge in [0.25, 0.3) is 5.91 Å². The zero-order valence-electron chi connectivity index (χ0n) is 11.3. The molecule has 2 rings (SSSR count). The van der Waals surface area contributed by atoms with E-state index in [2.05, 4.69) is 0 Å². The van der Waals surface area contributed by atoms with Crippen molar-refractivity contribution in [2.45, 2.75) is 19.3 Å². The molecule has 0 spiro atoms. The number of aliphatic hydroxyl groups is 1. The van der Waals surface area contributed by atoms with E-state index in [4.69, 9.17) is 9.84 Å². The van der Waals surface area contributed by atoms with E-state index in [0.717, 1.165) is 38.1 Å². The Kier molecular flexibility index (Phi) is 4.80. The molecule has 4 nitrogen and oxygen atoms in total. The van der Waals surface area contributed by atoms with Crippen LogP contribution in [0.3, 0.4) is 0 Å². The Hall–Kier alpha value is -1.55. The fraction of sp³-hybridized carbons (Fsp3) is 0.533. The van der Waals surface area contributed by atoms with Gasteiger partial charge in [0.1, 0.15) is 5.75 Å². The predicted molar refractivity (Wildman–Crippen MR) is 73.3 cm³/mol. The quantitative estimate of drug-likeness (QED) is 0.903. The largest absolute Gasteiger partial charge is 0.497 e. The molecule has 1 fully saturated rings. The Morgan fingerprint density at radius 2 is 2.16 bits per heavy atom. The highest BCUT2D eigenvalue weighted by Crippen LogP contribution is 2.21. The van der Waals surface area contributed by atoms with Gasteiger partial charge in [-0.15, -0.1) is 0 Å². The van der Waals surface area contributed by atoms with Crippen molar-refractivity contribution < 1.29 is 14.6 Å². The molecule has 1 amide bonds. The van der Waals surface area contributed by atoms with Crippen LogP contribution in [0.5, 0.6) is 5.75 Å². The zero-order valence-corrected chi connectivity index (χ0v) is 11.3. The zero-order chi connectivity index (χ0) is 13.7. The van der Waals surface area contributed by atoms with Crippen LogP contribution in [-0.4, -0.2) is 42.7 Å². The van der Waals surface area contributed by atoms with E-state index < -0.39 is 0 Å². The van der Waals surface area contributed by atoms with Crippen molar-refractivity contribution >= 4 is 5.91 Å². The van der Waals surface area contributed by atoms with Gasteiger partial charge in [-0.3, -0.25) is 4.79 Å². The van der Waals surface area contributed by atoms with Crippen LogP contribution in [0, 0.1) is 5.92 Å². The van der Waals surface area contributed by atoms with Crippen LogP contribution in [0.4, 0.5) is 0 Å². The van der Waals surface area contributed by atoms with Crippen LogP contribution in [-0.2, 0) is 0 Å². The van der Waals surface area contributed by atoms with E-state index in [1.165, 1.54) is 0 Å². The lowest BCUT2D eigenvalue weighted by atomic mass is 9.94. The third kappa shape index (κ3) is 3.47. The van der Waals surface area contributed by atoms with Gasteiger partial charge in [0.2, 0.25) is 0 Å². The molecule has 1 unspecified atom stereocenters. The lowest BCUT2D eigenvalue weighted by Crippen LogP contribution is -2.40. The summed E-state index contributed by atoms with van der Waals surface area (Å²) < 4.78 is 5.09. The lowest BCUT2D eigenvalue weighted by molar-refractivity contribution is 0.0653. The Labute approximate surface area is 114 Å². The van der Waals surface area contributed by atoms with Crippen LogP contribution >= 0.6 is 0 Å². The molecule has 0 aliphatic carbocycles. The minimum atomic E-state index is 0.0743. The number of nitrogens with zero attached hydrogens (tertiary/aromatic N) is 1. The second kappa shape index (κ2) is 6.57. The van der Waals surface area contributed by atoms with Gasteiger partial charge in [0, 0.05) is 25.3 Å². The van der Waals surface area contributed by atoms with Crippen LogP contribution in [0.15, 0.2) is 24.3 Å². The van der Waals surface area contributed by atoms with Gasteiger partial charge in [-0.1, -0.05) is 0 Å². The number of ether oxygens (including phenoxy) is 1. The Morgan fingerprint density at radius 1 is 1.42 bits per heavy atom. The number of methoxy groups -OCH3 is 1. The number of hydrogen-bond donors (Lipinski definition) is 1. The first-order valence-electron chi connectivity index (χ1n) is 6.78. The molecule has 19 heavy (non-hydrogen) atoms. The number of carbonyl (C=O) groups excluding carboxylic acids is 1. The second-order valence-electron chi connectivity index (χ2n) is 5.00. The van der Waals surface area contributed by atoms with Crippen molar-refractivity contribution in [2.75, 3.05) is 26.8 Å². The van der Waals surface area contributed by atoms with E-state index in [0.29, 0.717) is 11.5 Å². The van der Waals surface area contributed by atoms with Crippen LogP contribution in [0.2, 0.25) is 0 Å². The highest BCUT2D eigenvalue weighted by Gasteiger charge is 2.24. The molecule has 1 heterocycles. The first-order valence-corrected chi connectivity index (χ1v) is 6.78. The van der Waals surface area contributed by atoms with Crippen molar-refractivity contribution in [3.63, 3.8) is 0 Å². The molecule has 1 aliphatic rings. The minimum Gasteiger partial charge on any atom is -0.497 e. The van der Waals surface area contributed by atoms with Crippen molar-refractivity contribution in [1.82, 2.24) is 4.90 Å². The maximum atomic E-state index is 12.4. The topological polar surface area (TPSA) is 49.8 Å². The van der Waals surface area contributed by atoms with Gasteiger partial charge in [-0.05, 0) is 49.4 Å². The Bertz CT molecular complexity index is 414. The number of hydrogen-bond acceptors (Lipinski definition) is 3. The first kappa shape index (κ1) is 13.9. The predicted octanol–water partition coefficient (Wildman–Crippen LogP) is 1.93. The minimum absolute atomic E-state index is 0.0743. The van der Waals surface area contributed by atoms with Gasteiger partial charge in [-0.2, -0.15) is 0 Å². The number of likely N-dealkylation sites (tertiary alicyclic amines) is 1. The fourth-order valence-electron chi connectivity index (χ4n) is 2.58. The summed E-state index contributed by atoms with van der Waals surface area (Å²) in [4.78, 5) is 14.3. The smallest absolute Gasteiger partial charge is 0.253 e. The molecule has 1 aromatic carbocycles. The highest BCUT2D eigenvalue weighted by atomic mass is 16.5. The number of amides is 1. The van der Waals surface area contributed by atoms with E-state index >= 15 is 0 Å². The first-order chi connectivity index (χ1) is 9.24. The van der Waals surface area contributed by atoms with E-state index in [9.17, 15) is 4.79 Å². The summed E-state index contributed by atoms with van der Waals surface area (Å²) in [7, 11) is 1.61. The molecule has 1 N–H and O–H groups in total. The summed E-state index contributed by atoms with van der Waals surface area (Å²) in [5, 5.41) is 9.00. The SMILES string of the molecule is COc1ccc(C(=O)N2CCCC(CCO)C2)cc1. The van der Waals surface area contributed by atoms with E-state index in [1.54, 1.807) is 19.2 Å². The van der Waals surface area contributed by atoms with Crippen LogP contribution in [0.1, 0.15) is 29.6 Å². The normalized spacial score (nSPS) is 19.3. The third-order valence-electron chi connectivity index (χ3n) is 3.68. The van der Waals surface area contributed by atoms with Gasteiger partial charge < -0.3 is 14.7 Å². The average Bonchev–Trinajstić information content (AvgIpc) is 2.47. The van der Waals surface area contributed by atoms with Gasteiger partial charge >= 0.3 is 0 Å². The van der Waals surface area contributed by atoms with Crippen LogP contribution in [0.25, 0.3) is 0 Å². The maximum absolute atomic E-state index is 12.4.